The number of nitrogens with one attached hydrogen (secondary N) is 1. The highest BCUT2D eigenvalue weighted by atomic mass is 16.3. The van der Waals surface area contributed by atoms with Crippen molar-refractivity contribution in [2.75, 3.05) is 11.9 Å². The third-order valence-electron chi connectivity index (χ3n) is 4.04. The summed E-state index contributed by atoms with van der Waals surface area (Å²) in [5.41, 5.74) is 3.62. The van der Waals surface area contributed by atoms with Gasteiger partial charge in [0.25, 0.3) is 0 Å². The van der Waals surface area contributed by atoms with E-state index in [-0.39, 0.29) is 0 Å². The minimum absolute atomic E-state index is 0.535. The summed E-state index contributed by atoms with van der Waals surface area (Å²) in [5.74, 6) is 1.90. The predicted octanol–water partition coefficient (Wildman–Crippen LogP) is 3.92. The molecule has 26 heavy (non-hydrogen) atoms. The van der Waals surface area contributed by atoms with Gasteiger partial charge in [-0.25, -0.2) is 9.97 Å². The summed E-state index contributed by atoms with van der Waals surface area (Å²) in [6.45, 7) is 5.44. The van der Waals surface area contributed by atoms with Crippen LogP contribution >= 0.6 is 0 Å². The van der Waals surface area contributed by atoms with Gasteiger partial charge >= 0.3 is 0 Å². The molecule has 0 amide bonds. The molecule has 0 aromatic carbocycles. The highest BCUT2D eigenvalue weighted by molar-refractivity contribution is 5.75. The van der Waals surface area contributed by atoms with Crippen molar-refractivity contribution in [3.63, 3.8) is 0 Å². The van der Waals surface area contributed by atoms with E-state index in [1.807, 2.05) is 42.8 Å². The maximum Gasteiger partial charge on any atom is 0.223 e. The van der Waals surface area contributed by atoms with E-state index in [1.165, 1.54) is 0 Å². The Balaban J connectivity index is 1.56. The Morgan fingerprint density at radius 1 is 1.08 bits per heavy atom. The minimum atomic E-state index is 0.535. The molecule has 0 unspecified atom stereocenters. The summed E-state index contributed by atoms with van der Waals surface area (Å²) in [5, 5.41) is 7.71. The van der Waals surface area contributed by atoms with E-state index in [0.29, 0.717) is 29.7 Å². The van der Waals surface area contributed by atoms with Crippen LogP contribution in [0.25, 0.3) is 22.8 Å². The SMILES string of the molecule is Cc1cc(C)n(CCNc2ncc(-c3ccco3)c(-c3ccco3)n2)n1. The first-order valence-electron chi connectivity index (χ1n) is 8.40. The molecule has 7 nitrogen and oxygen atoms in total. The summed E-state index contributed by atoms with van der Waals surface area (Å²) in [6, 6.07) is 9.47. The molecule has 0 aliphatic heterocycles. The van der Waals surface area contributed by atoms with Crippen molar-refractivity contribution >= 4 is 5.95 Å². The zero-order valence-corrected chi connectivity index (χ0v) is 14.6. The zero-order valence-electron chi connectivity index (χ0n) is 14.6. The van der Waals surface area contributed by atoms with Crippen molar-refractivity contribution in [2.24, 2.45) is 0 Å². The number of anilines is 1. The van der Waals surface area contributed by atoms with Gasteiger partial charge in [-0.1, -0.05) is 0 Å². The Bertz CT molecular complexity index is 987. The fourth-order valence-electron chi connectivity index (χ4n) is 2.86. The Morgan fingerprint density at radius 2 is 1.85 bits per heavy atom. The van der Waals surface area contributed by atoms with Crippen LogP contribution < -0.4 is 5.32 Å². The van der Waals surface area contributed by atoms with Gasteiger partial charge in [0.2, 0.25) is 5.95 Å². The molecule has 0 aliphatic rings. The predicted molar refractivity (Wildman–Crippen MR) is 97.6 cm³/mol. The molecular weight excluding hydrogens is 330 g/mol. The second kappa shape index (κ2) is 6.87. The molecule has 0 atom stereocenters. The van der Waals surface area contributed by atoms with Gasteiger partial charge in [0.1, 0.15) is 11.5 Å². The normalized spacial score (nSPS) is 11.0. The monoisotopic (exact) mass is 349 g/mol. The summed E-state index contributed by atoms with van der Waals surface area (Å²) < 4.78 is 13.0. The topological polar surface area (TPSA) is 81.9 Å². The lowest BCUT2D eigenvalue weighted by Gasteiger charge is -2.09. The van der Waals surface area contributed by atoms with Crippen LogP contribution in [0, 0.1) is 13.8 Å². The van der Waals surface area contributed by atoms with Crippen molar-refractivity contribution in [2.45, 2.75) is 20.4 Å². The number of aromatic nitrogens is 4. The van der Waals surface area contributed by atoms with Gasteiger partial charge in [-0.3, -0.25) is 4.68 Å². The summed E-state index contributed by atoms with van der Waals surface area (Å²) in [6.07, 6.45) is 5.00. The number of aryl methyl sites for hydroxylation is 2. The second-order valence-electron chi connectivity index (χ2n) is 5.99. The van der Waals surface area contributed by atoms with Gasteiger partial charge in [0.15, 0.2) is 5.76 Å². The first-order chi connectivity index (χ1) is 12.7. The van der Waals surface area contributed by atoms with Gasteiger partial charge in [-0.05, 0) is 44.2 Å². The summed E-state index contributed by atoms with van der Waals surface area (Å²) in [7, 11) is 0. The Labute approximate surface area is 150 Å². The van der Waals surface area contributed by atoms with Gasteiger partial charge in [-0.2, -0.15) is 5.10 Å². The lowest BCUT2D eigenvalue weighted by atomic mass is 10.1. The van der Waals surface area contributed by atoms with E-state index < -0.39 is 0 Å². The molecular formula is C19H19N5O2. The zero-order chi connectivity index (χ0) is 17.9. The highest BCUT2D eigenvalue weighted by Crippen LogP contribution is 2.31. The van der Waals surface area contributed by atoms with Crippen LogP contribution in [0.1, 0.15) is 11.4 Å². The van der Waals surface area contributed by atoms with E-state index in [0.717, 1.165) is 23.5 Å². The van der Waals surface area contributed by atoms with Gasteiger partial charge in [-0.15, -0.1) is 0 Å². The van der Waals surface area contributed by atoms with Gasteiger partial charge in [0.05, 0.1) is 30.3 Å². The molecule has 0 fully saturated rings. The van der Waals surface area contributed by atoms with Crippen molar-refractivity contribution < 1.29 is 8.83 Å². The molecule has 4 rings (SSSR count). The Hall–Kier alpha value is -3.35. The summed E-state index contributed by atoms with van der Waals surface area (Å²) >= 11 is 0. The average Bonchev–Trinajstić information content (AvgIpc) is 3.37. The number of nitrogens with zero attached hydrogens (tertiary/aromatic N) is 4. The molecule has 4 aromatic heterocycles. The molecule has 132 valence electrons. The molecule has 0 spiro atoms. The van der Waals surface area contributed by atoms with Gasteiger partial charge < -0.3 is 14.2 Å². The largest absolute Gasteiger partial charge is 0.464 e. The molecule has 0 saturated carbocycles. The van der Waals surface area contributed by atoms with Crippen molar-refractivity contribution in [1.29, 1.82) is 0 Å². The number of hydrogen-bond acceptors (Lipinski definition) is 6. The fourth-order valence-corrected chi connectivity index (χ4v) is 2.86. The average molecular weight is 349 g/mol. The molecule has 0 bridgehead atoms. The van der Waals surface area contributed by atoms with Crippen LogP contribution in [0.3, 0.4) is 0 Å². The quantitative estimate of drug-likeness (QED) is 0.568. The summed E-state index contributed by atoms with van der Waals surface area (Å²) in [4.78, 5) is 9.03. The van der Waals surface area contributed by atoms with E-state index in [9.17, 15) is 0 Å². The molecule has 1 N–H and O–H groups in total. The minimum Gasteiger partial charge on any atom is -0.464 e. The highest BCUT2D eigenvalue weighted by Gasteiger charge is 2.15. The van der Waals surface area contributed by atoms with Crippen molar-refractivity contribution in [1.82, 2.24) is 19.7 Å². The maximum atomic E-state index is 5.53. The number of furan rings is 2. The smallest absolute Gasteiger partial charge is 0.223 e. The first kappa shape index (κ1) is 16.1. The van der Waals surface area contributed by atoms with Crippen LogP contribution in [-0.4, -0.2) is 26.3 Å². The fraction of sp³-hybridized carbons (Fsp3) is 0.211. The maximum absolute atomic E-state index is 5.53. The van der Waals surface area contributed by atoms with E-state index in [4.69, 9.17) is 8.83 Å². The first-order valence-corrected chi connectivity index (χ1v) is 8.40. The number of hydrogen-bond donors (Lipinski definition) is 1. The van der Waals surface area contributed by atoms with E-state index >= 15 is 0 Å². The third-order valence-corrected chi connectivity index (χ3v) is 4.04. The molecule has 7 heteroatoms. The van der Waals surface area contributed by atoms with Crippen LogP contribution in [0.4, 0.5) is 5.95 Å². The van der Waals surface area contributed by atoms with Crippen molar-refractivity contribution in [3.8, 4) is 22.8 Å². The Kier molecular flexibility index (Phi) is 4.27. The molecule has 0 saturated heterocycles. The second-order valence-corrected chi connectivity index (χ2v) is 5.99. The molecule has 0 radical (unpaired) electrons. The lowest BCUT2D eigenvalue weighted by molar-refractivity contribution is 0.573. The van der Waals surface area contributed by atoms with Gasteiger partial charge in [0, 0.05) is 18.4 Å². The molecule has 4 heterocycles. The Morgan fingerprint density at radius 3 is 2.50 bits per heavy atom. The third kappa shape index (κ3) is 3.23. The number of rotatable bonds is 6. The standard InChI is InChI=1S/C19H19N5O2/c1-13-11-14(2)24(23-13)8-7-20-19-21-12-15(16-5-3-9-25-16)18(22-19)17-6-4-10-26-17/h3-6,9-12H,7-8H2,1-2H3,(H,20,21,22). The molecule has 0 aliphatic carbocycles. The van der Waals surface area contributed by atoms with E-state index in [1.54, 1.807) is 18.7 Å². The van der Waals surface area contributed by atoms with E-state index in [2.05, 4.69) is 26.4 Å². The lowest BCUT2D eigenvalue weighted by Crippen LogP contribution is -2.14. The van der Waals surface area contributed by atoms with Crippen molar-refractivity contribution in [3.05, 3.63) is 60.4 Å². The molecule has 4 aromatic rings. The van der Waals surface area contributed by atoms with Crippen LogP contribution in [0.2, 0.25) is 0 Å². The van der Waals surface area contributed by atoms with Crippen LogP contribution in [0.5, 0.6) is 0 Å². The van der Waals surface area contributed by atoms with Crippen LogP contribution in [-0.2, 0) is 6.54 Å². The van der Waals surface area contributed by atoms with Crippen LogP contribution in [0.15, 0.2) is 57.9 Å².